The number of carbonyl (C=O) groups is 1. The molecule has 2 aromatic carbocycles. The van der Waals surface area contributed by atoms with Gasteiger partial charge in [0.05, 0.1) is 4.58 Å². The molecule has 120 valence electrons. The highest BCUT2D eigenvalue weighted by Gasteiger charge is 2.17. The van der Waals surface area contributed by atoms with E-state index < -0.39 is 0 Å². The summed E-state index contributed by atoms with van der Waals surface area (Å²) in [7, 11) is 0. The molecule has 0 radical (unpaired) electrons. The molecule has 1 fully saturated rings. The van der Waals surface area contributed by atoms with Crippen LogP contribution in [0, 0.1) is 0 Å². The van der Waals surface area contributed by atoms with Crippen molar-refractivity contribution in [3.63, 3.8) is 0 Å². The van der Waals surface area contributed by atoms with Crippen LogP contribution in [0.2, 0.25) is 0 Å². The number of carbonyl (C=O) groups excluding carboxylic acids is 1. The second kappa shape index (κ2) is 7.93. The quantitative estimate of drug-likeness (QED) is 0.809. The van der Waals surface area contributed by atoms with Gasteiger partial charge >= 0.3 is 0 Å². The van der Waals surface area contributed by atoms with Gasteiger partial charge in [0.25, 0.3) is 5.91 Å². The molecule has 3 rings (SSSR count). The van der Waals surface area contributed by atoms with E-state index >= 15 is 0 Å². The van der Waals surface area contributed by atoms with E-state index in [2.05, 4.69) is 36.5 Å². The molecule has 1 aliphatic rings. The standard InChI is InChI=1S/C19H21NOS2/c1-2-14-4-10-17(11-5-14)20-18(21)15-6-8-16(9-7-15)19-22-12-3-13-23-19/h4-11,19H,2-3,12-13H2,1H3,(H,20,21). The predicted octanol–water partition coefficient (Wildman–Crippen LogP) is 5.37. The van der Waals surface area contributed by atoms with Gasteiger partial charge in [0.1, 0.15) is 0 Å². The normalized spacial score (nSPS) is 15.3. The molecule has 1 amide bonds. The summed E-state index contributed by atoms with van der Waals surface area (Å²) in [5.41, 5.74) is 4.13. The van der Waals surface area contributed by atoms with E-state index in [0.717, 1.165) is 12.1 Å². The number of anilines is 1. The van der Waals surface area contributed by atoms with E-state index in [1.54, 1.807) is 0 Å². The molecular weight excluding hydrogens is 322 g/mol. The molecule has 1 N–H and O–H groups in total. The van der Waals surface area contributed by atoms with Gasteiger partial charge in [-0.2, -0.15) is 0 Å². The molecule has 0 atom stereocenters. The Bertz CT molecular complexity index is 646. The second-order valence-corrected chi connectivity index (χ2v) is 8.28. The number of nitrogens with one attached hydrogen (secondary N) is 1. The number of aryl methyl sites for hydroxylation is 1. The fourth-order valence-electron chi connectivity index (χ4n) is 2.50. The fraction of sp³-hybridized carbons (Fsp3) is 0.316. The van der Waals surface area contributed by atoms with E-state index in [1.807, 2.05) is 47.8 Å². The topological polar surface area (TPSA) is 29.1 Å². The van der Waals surface area contributed by atoms with E-state index in [0.29, 0.717) is 10.1 Å². The third kappa shape index (κ3) is 4.33. The highest BCUT2D eigenvalue weighted by Crippen LogP contribution is 2.43. The van der Waals surface area contributed by atoms with Gasteiger partial charge in [-0.3, -0.25) is 4.79 Å². The van der Waals surface area contributed by atoms with Crippen molar-refractivity contribution in [3.05, 3.63) is 65.2 Å². The zero-order valence-electron chi connectivity index (χ0n) is 13.2. The van der Waals surface area contributed by atoms with Crippen LogP contribution < -0.4 is 5.32 Å². The van der Waals surface area contributed by atoms with Crippen molar-refractivity contribution < 1.29 is 4.79 Å². The number of amides is 1. The molecule has 1 aliphatic heterocycles. The van der Waals surface area contributed by atoms with Crippen LogP contribution in [0.5, 0.6) is 0 Å². The molecule has 0 aromatic heterocycles. The SMILES string of the molecule is CCc1ccc(NC(=O)c2ccc(C3SCCCS3)cc2)cc1. The number of rotatable bonds is 4. The van der Waals surface area contributed by atoms with Crippen molar-refractivity contribution in [1.82, 2.24) is 0 Å². The lowest BCUT2D eigenvalue weighted by atomic mass is 10.1. The van der Waals surface area contributed by atoms with Crippen LogP contribution in [0.25, 0.3) is 0 Å². The first-order chi connectivity index (χ1) is 11.3. The Labute approximate surface area is 146 Å². The zero-order chi connectivity index (χ0) is 16.1. The fourth-order valence-corrected chi connectivity index (χ4v) is 5.39. The summed E-state index contributed by atoms with van der Waals surface area (Å²) in [6.07, 6.45) is 2.30. The smallest absolute Gasteiger partial charge is 0.255 e. The molecule has 1 saturated heterocycles. The minimum atomic E-state index is -0.0512. The van der Waals surface area contributed by atoms with Crippen LogP contribution in [0.3, 0.4) is 0 Å². The first kappa shape index (κ1) is 16.5. The summed E-state index contributed by atoms with van der Waals surface area (Å²) < 4.78 is 0.516. The Morgan fingerprint density at radius 2 is 1.70 bits per heavy atom. The summed E-state index contributed by atoms with van der Waals surface area (Å²) in [6, 6.07) is 16.1. The first-order valence-corrected chi connectivity index (χ1v) is 10.1. The molecule has 0 bridgehead atoms. The molecule has 2 nitrogen and oxygen atoms in total. The molecule has 0 spiro atoms. The summed E-state index contributed by atoms with van der Waals surface area (Å²) in [5, 5.41) is 2.96. The molecule has 4 heteroatoms. The minimum absolute atomic E-state index is 0.0512. The maximum Gasteiger partial charge on any atom is 0.255 e. The lowest BCUT2D eigenvalue weighted by Crippen LogP contribution is -2.12. The summed E-state index contributed by atoms with van der Waals surface area (Å²) >= 11 is 4.00. The Morgan fingerprint density at radius 1 is 1.04 bits per heavy atom. The van der Waals surface area contributed by atoms with Crippen LogP contribution in [0.15, 0.2) is 48.5 Å². The lowest BCUT2D eigenvalue weighted by Gasteiger charge is -2.21. The highest BCUT2D eigenvalue weighted by atomic mass is 32.2. The molecule has 2 aromatic rings. The summed E-state index contributed by atoms with van der Waals surface area (Å²) in [4.78, 5) is 12.3. The molecule has 0 saturated carbocycles. The number of hydrogen-bond donors (Lipinski definition) is 1. The van der Waals surface area contributed by atoms with E-state index in [-0.39, 0.29) is 5.91 Å². The van der Waals surface area contributed by atoms with Crippen molar-refractivity contribution >= 4 is 35.1 Å². The summed E-state index contributed by atoms with van der Waals surface area (Å²) in [6.45, 7) is 2.12. The minimum Gasteiger partial charge on any atom is -0.322 e. The first-order valence-electron chi connectivity index (χ1n) is 7.99. The largest absolute Gasteiger partial charge is 0.322 e. The number of hydrogen-bond acceptors (Lipinski definition) is 3. The molecule has 23 heavy (non-hydrogen) atoms. The van der Waals surface area contributed by atoms with Crippen molar-refractivity contribution in [2.75, 3.05) is 16.8 Å². The molecule has 0 aliphatic carbocycles. The average Bonchev–Trinajstić information content (AvgIpc) is 2.63. The van der Waals surface area contributed by atoms with Gasteiger partial charge in [-0.1, -0.05) is 31.2 Å². The van der Waals surface area contributed by atoms with Crippen molar-refractivity contribution in [2.45, 2.75) is 24.3 Å². The van der Waals surface area contributed by atoms with Gasteiger partial charge in [-0.25, -0.2) is 0 Å². The second-order valence-electron chi connectivity index (χ2n) is 5.55. The van der Waals surface area contributed by atoms with Crippen LogP contribution in [-0.4, -0.2) is 17.4 Å². The lowest BCUT2D eigenvalue weighted by molar-refractivity contribution is 0.102. The van der Waals surface area contributed by atoms with Gasteiger partial charge in [0, 0.05) is 11.3 Å². The van der Waals surface area contributed by atoms with Crippen LogP contribution >= 0.6 is 23.5 Å². The molecule has 0 unspecified atom stereocenters. The van der Waals surface area contributed by atoms with Gasteiger partial charge in [-0.15, -0.1) is 23.5 Å². The van der Waals surface area contributed by atoms with Crippen molar-refractivity contribution in [3.8, 4) is 0 Å². The molecule has 1 heterocycles. The number of thioether (sulfide) groups is 2. The van der Waals surface area contributed by atoms with Gasteiger partial charge < -0.3 is 5.32 Å². The Morgan fingerprint density at radius 3 is 2.30 bits per heavy atom. The molecular formula is C19H21NOS2. The predicted molar refractivity (Wildman–Crippen MR) is 102 cm³/mol. The summed E-state index contributed by atoms with van der Waals surface area (Å²) in [5.74, 6) is 2.41. The maximum absolute atomic E-state index is 12.3. The third-order valence-electron chi connectivity index (χ3n) is 3.89. The van der Waals surface area contributed by atoms with Crippen LogP contribution in [-0.2, 0) is 6.42 Å². The van der Waals surface area contributed by atoms with Gasteiger partial charge in [-0.05, 0) is 59.7 Å². The van der Waals surface area contributed by atoms with E-state index in [4.69, 9.17) is 0 Å². The monoisotopic (exact) mass is 343 g/mol. The van der Waals surface area contributed by atoms with E-state index in [9.17, 15) is 4.79 Å². The van der Waals surface area contributed by atoms with Gasteiger partial charge in [0.15, 0.2) is 0 Å². The average molecular weight is 344 g/mol. The van der Waals surface area contributed by atoms with Crippen LogP contribution in [0.1, 0.15) is 39.4 Å². The maximum atomic E-state index is 12.3. The Kier molecular flexibility index (Phi) is 5.68. The van der Waals surface area contributed by atoms with Crippen molar-refractivity contribution in [2.24, 2.45) is 0 Å². The van der Waals surface area contributed by atoms with Crippen LogP contribution in [0.4, 0.5) is 5.69 Å². The van der Waals surface area contributed by atoms with E-state index in [1.165, 1.54) is 29.1 Å². The number of benzene rings is 2. The third-order valence-corrected chi connectivity index (χ3v) is 6.91. The van der Waals surface area contributed by atoms with Gasteiger partial charge in [0.2, 0.25) is 0 Å². The zero-order valence-corrected chi connectivity index (χ0v) is 14.9. The van der Waals surface area contributed by atoms with Crippen molar-refractivity contribution in [1.29, 1.82) is 0 Å². The highest BCUT2D eigenvalue weighted by molar-refractivity contribution is 8.16. The Hall–Kier alpha value is -1.39. The Balaban J connectivity index is 1.64.